The van der Waals surface area contributed by atoms with Crippen LogP contribution in [0.15, 0.2) is 53.0 Å². The van der Waals surface area contributed by atoms with E-state index in [1.165, 1.54) is 5.56 Å². The first-order valence-corrected chi connectivity index (χ1v) is 9.75. The lowest BCUT2D eigenvalue weighted by atomic mass is 10.0. The Hall–Kier alpha value is -1.69. The second-order valence-corrected chi connectivity index (χ2v) is 6.99. The average molecular weight is 419 g/mol. The summed E-state index contributed by atoms with van der Waals surface area (Å²) in [6.07, 6.45) is 0. The van der Waals surface area contributed by atoms with E-state index >= 15 is 0 Å². The largest absolute Gasteiger partial charge is 0.497 e. The number of nitrogens with one attached hydrogen (secondary N) is 1. The highest BCUT2D eigenvalue weighted by molar-refractivity contribution is 9.10. The maximum Gasteiger partial charge on any atom is 0.176 e. The van der Waals surface area contributed by atoms with Crippen LogP contribution in [0, 0.1) is 0 Å². The van der Waals surface area contributed by atoms with Crippen molar-refractivity contribution in [3.63, 3.8) is 0 Å². The second-order valence-electron chi connectivity index (χ2n) is 6.07. The van der Waals surface area contributed by atoms with Gasteiger partial charge in [0.05, 0.1) is 13.7 Å². The van der Waals surface area contributed by atoms with Gasteiger partial charge in [0, 0.05) is 22.6 Å². The highest BCUT2D eigenvalue weighted by atomic mass is 79.9. The molecule has 0 spiro atoms. The van der Waals surface area contributed by atoms with Gasteiger partial charge in [-0.05, 0) is 42.9 Å². The number of methoxy groups -OCH3 is 1. The third kappa shape index (κ3) is 5.66. The minimum atomic E-state index is 0.102. The molecule has 1 N–H and O–H groups in total. The van der Waals surface area contributed by atoms with Gasteiger partial charge in [-0.3, -0.25) is 9.69 Å². The topological polar surface area (TPSA) is 41.6 Å². The molecule has 2 aromatic rings. The molecule has 0 aromatic heterocycles. The van der Waals surface area contributed by atoms with Gasteiger partial charge in [0.2, 0.25) is 0 Å². The van der Waals surface area contributed by atoms with E-state index in [0.717, 1.165) is 35.4 Å². The Morgan fingerprint density at radius 2 is 1.69 bits per heavy atom. The van der Waals surface area contributed by atoms with E-state index in [9.17, 15) is 4.79 Å². The molecule has 4 nitrogen and oxygen atoms in total. The molecule has 0 aliphatic carbocycles. The summed E-state index contributed by atoms with van der Waals surface area (Å²) in [5.74, 6) is 0.955. The van der Waals surface area contributed by atoms with Gasteiger partial charge >= 0.3 is 0 Å². The minimum absolute atomic E-state index is 0.102. The summed E-state index contributed by atoms with van der Waals surface area (Å²) in [6.45, 7) is 7.27. The van der Waals surface area contributed by atoms with Crippen LogP contribution in [0.25, 0.3) is 0 Å². The summed E-state index contributed by atoms with van der Waals surface area (Å²) in [5.41, 5.74) is 1.95. The summed E-state index contributed by atoms with van der Waals surface area (Å²) >= 11 is 3.39. The normalized spacial score (nSPS) is 12.2. The molecule has 2 rings (SSSR count). The molecule has 0 heterocycles. The number of carbonyl (C=O) groups excluding carboxylic acids is 1. The highest BCUT2D eigenvalue weighted by Gasteiger charge is 2.18. The van der Waals surface area contributed by atoms with Gasteiger partial charge in [-0.25, -0.2) is 0 Å². The fraction of sp³-hybridized carbons (Fsp3) is 0.381. The predicted molar refractivity (Wildman–Crippen MR) is 110 cm³/mol. The molecule has 140 valence electrons. The molecule has 0 saturated heterocycles. The lowest BCUT2D eigenvalue weighted by molar-refractivity contribution is 0.0987. The van der Waals surface area contributed by atoms with E-state index in [0.29, 0.717) is 6.54 Å². The van der Waals surface area contributed by atoms with Gasteiger partial charge in [0.25, 0.3) is 0 Å². The van der Waals surface area contributed by atoms with Crippen molar-refractivity contribution in [3.05, 3.63) is 64.1 Å². The Balaban J connectivity index is 2.02. The first-order chi connectivity index (χ1) is 12.6. The van der Waals surface area contributed by atoms with Crippen LogP contribution in [0.2, 0.25) is 0 Å². The quantitative estimate of drug-likeness (QED) is 0.583. The fourth-order valence-electron chi connectivity index (χ4n) is 3.01. The Labute approximate surface area is 164 Å². The number of Topliss-reactive ketones (excluding diaryl/α,β-unsaturated/α-hetero) is 1. The van der Waals surface area contributed by atoms with Gasteiger partial charge in [-0.1, -0.05) is 54.0 Å². The summed E-state index contributed by atoms with van der Waals surface area (Å²) in [7, 11) is 1.67. The SMILES string of the molecule is CCN(CC)C(CNCC(=O)c1ccc(Br)cc1)c1ccc(OC)cc1. The van der Waals surface area contributed by atoms with Gasteiger partial charge < -0.3 is 10.1 Å². The minimum Gasteiger partial charge on any atom is -0.497 e. The van der Waals surface area contributed by atoms with E-state index < -0.39 is 0 Å². The number of rotatable bonds is 10. The van der Waals surface area contributed by atoms with E-state index in [4.69, 9.17) is 4.74 Å². The predicted octanol–water partition coefficient (Wildman–Crippen LogP) is 4.31. The van der Waals surface area contributed by atoms with Crippen molar-refractivity contribution in [2.24, 2.45) is 0 Å². The van der Waals surface area contributed by atoms with Crippen molar-refractivity contribution in [2.75, 3.05) is 33.3 Å². The van der Waals surface area contributed by atoms with E-state index in [1.54, 1.807) is 7.11 Å². The van der Waals surface area contributed by atoms with Crippen LogP contribution in [0.3, 0.4) is 0 Å². The number of ketones is 1. The maximum absolute atomic E-state index is 12.4. The highest BCUT2D eigenvalue weighted by Crippen LogP contribution is 2.22. The zero-order valence-electron chi connectivity index (χ0n) is 15.7. The Morgan fingerprint density at radius 1 is 1.08 bits per heavy atom. The second kappa shape index (κ2) is 10.5. The van der Waals surface area contributed by atoms with Crippen LogP contribution >= 0.6 is 15.9 Å². The molecule has 0 aliphatic heterocycles. The van der Waals surface area contributed by atoms with E-state index in [1.807, 2.05) is 36.4 Å². The van der Waals surface area contributed by atoms with Gasteiger partial charge in [0.15, 0.2) is 5.78 Å². The molecule has 0 saturated carbocycles. The first kappa shape index (κ1) is 20.6. The molecule has 5 heteroatoms. The maximum atomic E-state index is 12.4. The van der Waals surface area contributed by atoms with Crippen molar-refractivity contribution in [1.82, 2.24) is 10.2 Å². The molecule has 0 aliphatic rings. The van der Waals surface area contributed by atoms with Crippen molar-refractivity contribution in [3.8, 4) is 5.75 Å². The van der Waals surface area contributed by atoms with Crippen molar-refractivity contribution >= 4 is 21.7 Å². The number of nitrogens with zero attached hydrogens (tertiary/aromatic N) is 1. The molecule has 26 heavy (non-hydrogen) atoms. The van der Waals surface area contributed by atoms with Crippen LogP contribution in [0.5, 0.6) is 5.75 Å². The van der Waals surface area contributed by atoms with Gasteiger partial charge in [0.1, 0.15) is 5.75 Å². The van der Waals surface area contributed by atoms with Crippen molar-refractivity contribution < 1.29 is 9.53 Å². The number of carbonyl (C=O) groups is 1. The molecule has 0 fully saturated rings. The van der Waals surface area contributed by atoms with E-state index in [-0.39, 0.29) is 11.8 Å². The Morgan fingerprint density at radius 3 is 2.23 bits per heavy atom. The molecule has 0 bridgehead atoms. The number of likely N-dealkylation sites (N-methyl/N-ethyl adjacent to an activating group) is 1. The molecule has 2 aromatic carbocycles. The van der Waals surface area contributed by atoms with Gasteiger partial charge in [-0.15, -0.1) is 0 Å². The third-order valence-corrected chi connectivity index (χ3v) is 5.07. The first-order valence-electron chi connectivity index (χ1n) is 8.96. The number of ether oxygens (including phenoxy) is 1. The Kier molecular flexibility index (Phi) is 8.29. The van der Waals surface area contributed by atoms with Crippen molar-refractivity contribution in [2.45, 2.75) is 19.9 Å². The number of halogens is 1. The number of benzene rings is 2. The van der Waals surface area contributed by atoms with Crippen LogP contribution in [-0.2, 0) is 0 Å². The zero-order chi connectivity index (χ0) is 18.9. The summed E-state index contributed by atoms with van der Waals surface area (Å²) in [5, 5.41) is 3.34. The number of hydrogen-bond donors (Lipinski definition) is 1. The van der Waals surface area contributed by atoms with Crippen LogP contribution in [-0.4, -0.2) is 44.0 Å². The molecule has 1 unspecified atom stereocenters. The molecule has 0 amide bonds. The standard InChI is InChI=1S/C21H27BrN2O2/c1-4-24(5-2)20(16-8-12-19(26-3)13-9-16)14-23-15-21(25)17-6-10-18(22)11-7-17/h6-13,20,23H,4-5,14-15H2,1-3H3. The molecular formula is C21H27BrN2O2. The summed E-state index contributed by atoms with van der Waals surface area (Å²) < 4.78 is 6.23. The van der Waals surface area contributed by atoms with Crippen LogP contribution in [0.1, 0.15) is 35.8 Å². The monoisotopic (exact) mass is 418 g/mol. The van der Waals surface area contributed by atoms with Crippen LogP contribution < -0.4 is 10.1 Å². The van der Waals surface area contributed by atoms with Crippen molar-refractivity contribution in [1.29, 1.82) is 0 Å². The lowest BCUT2D eigenvalue weighted by Crippen LogP contribution is -2.37. The molecule has 0 radical (unpaired) electrons. The zero-order valence-corrected chi connectivity index (χ0v) is 17.3. The van der Waals surface area contributed by atoms with E-state index in [2.05, 4.69) is 52.1 Å². The summed E-state index contributed by atoms with van der Waals surface area (Å²) in [6, 6.07) is 15.9. The molecular weight excluding hydrogens is 392 g/mol. The smallest absolute Gasteiger partial charge is 0.176 e. The van der Waals surface area contributed by atoms with Crippen LogP contribution in [0.4, 0.5) is 0 Å². The third-order valence-electron chi connectivity index (χ3n) is 4.54. The lowest BCUT2D eigenvalue weighted by Gasteiger charge is -2.30. The van der Waals surface area contributed by atoms with Gasteiger partial charge in [-0.2, -0.15) is 0 Å². The molecule has 1 atom stereocenters. The average Bonchev–Trinajstić information content (AvgIpc) is 2.68. The summed E-state index contributed by atoms with van der Waals surface area (Å²) in [4.78, 5) is 14.7. The fourth-order valence-corrected chi connectivity index (χ4v) is 3.27. The number of hydrogen-bond acceptors (Lipinski definition) is 4. The Bertz CT molecular complexity index is 682.